The number of aliphatic hydroxyl groups excluding tert-OH is 1. The summed E-state index contributed by atoms with van der Waals surface area (Å²) >= 11 is 0. The molecule has 0 radical (unpaired) electrons. The molecule has 1 unspecified atom stereocenters. The van der Waals surface area contributed by atoms with E-state index < -0.39 is 0 Å². The predicted molar refractivity (Wildman–Crippen MR) is 103 cm³/mol. The Kier molecular flexibility index (Phi) is 4.91. The standard InChI is InChI=1S/C21H27N3O3/c25-12-2-11-23-14-21(8-5-19(23)26)7-1-10-24(15-21)20(27)17-3-4-18-16(13-17)6-9-22-18/h3-4,6,9,13,22,25H,1-2,5,7-8,10-12,14-15H2. The van der Waals surface area contributed by atoms with Crippen LogP contribution in [0.15, 0.2) is 30.5 Å². The molecule has 4 rings (SSSR count). The van der Waals surface area contributed by atoms with Gasteiger partial charge in [0.2, 0.25) is 5.91 Å². The number of aromatic nitrogens is 1. The molecular formula is C21H27N3O3. The summed E-state index contributed by atoms with van der Waals surface area (Å²) in [6, 6.07) is 7.78. The number of hydrogen-bond donors (Lipinski definition) is 2. The molecule has 6 nitrogen and oxygen atoms in total. The fourth-order valence-corrected chi connectivity index (χ4v) is 4.65. The van der Waals surface area contributed by atoms with Crippen molar-refractivity contribution in [2.24, 2.45) is 5.41 Å². The van der Waals surface area contributed by atoms with Gasteiger partial charge in [0, 0.05) is 67.3 Å². The average molecular weight is 369 g/mol. The lowest BCUT2D eigenvalue weighted by molar-refractivity contribution is -0.139. The smallest absolute Gasteiger partial charge is 0.253 e. The maximum absolute atomic E-state index is 13.1. The van der Waals surface area contributed by atoms with Gasteiger partial charge in [-0.1, -0.05) is 0 Å². The highest BCUT2D eigenvalue weighted by Crippen LogP contribution is 2.39. The highest BCUT2D eigenvalue weighted by molar-refractivity contribution is 5.98. The van der Waals surface area contributed by atoms with Crippen LogP contribution >= 0.6 is 0 Å². The van der Waals surface area contributed by atoms with Gasteiger partial charge in [-0.3, -0.25) is 9.59 Å². The van der Waals surface area contributed by atoms with E-state index in [2.05, 4.69) is 4.98 Å². The van der Waals surface area contributed by atoms with Crippen molar-refractivity contribution in [2.45, 2.75) is 32.1 Å². The quantitative estimate of drug-likeness (QED) is 0.869. The Labute approximate surface area is 159 Å². The summed E-state index contributed by atoms with van der Waals surface area (Å²) in [5.74, 6) is 0.256. The second kappa shape index (κ2) is 7.35. The Hall–Kier alpha value is -2.34. The van der Waals surface area contributed by atoms with Gasteiger partial charge in [0.15, 0.2) is 0 Å². The maximum atomic E-state index is 13.1. The van der Waals surface area contributed by atoms with Crippen LogP contribution in [0.2, 0.25) is 0 Å². The van der Waals surface area contributed by atoms with Crippen LogP contribution in [0.3, 0.4) is 0 Å². The number of nitrogens with zero attached hydrogens (tertiary/aromatic N) is 2. The van der Waals surface area contributed by atoms with Crippen molar-refractivity contribution in [3.8, 4) is 0 Å². The Balaban J connectivity index is 1.49. The van der Waals surface area contributed by atoms with Gasteiger partial charge in [0.25, 0.3) is 5.91 Å². The van der Waals surface area contributed by atoms with Crippen LogP contribution < -0.4 is 0 Å². The Morgan fingerprint density at radius 2 is 2.11 bits per heavy atom. The van der Waals surface area contributed by atoms with Gasteiger partial charge >= 0.3 is 0 Å². The summed E-state index contributed by atoms with van der Waals surface area (Å²) in [4.78, 5) is 32.3. The molecule has 144 valence electrons. The van der Waals surface area contributed by atoms with E-state index >= 15 is 0 Å². The summed E-state index contributed by atoms with van der Waals surface area (Å²) < 4.78 is 0. The van der Waals surface area contributed by atoms with Gasteiger partial charge < -0.3 is 19.9 Å². The summed E-state index contributed by atoms with van der Waals surface area (Å²) in [5, 5.41) is 10.1. The highest BCUT2D eigenvalue weighted by atomic mass is 16.3. The minimum absolute atomic E-state index is 0.00450. The van der Waals surface area contributed by atoms with E-state index in [1.165, 1.54) is 0 Å². The third kappa shape index (κ3) is 3.58. The van der Waals surface area contributed by atoms with Gasteiger partial charge in [-0.2, -0.15) is 0 Å². The summed E-state index contributed by atoms with van der Waals surface area (Å²) in [5.41, 5.74) is 1.75. The zero-order valence-electron chi connectivity index (χ0n) is 15.6. The number of rotatable bonds is 4. The van der Waals surface area contributed by atoms with Crippen molar-refractivity contribution in [3.63, 3.8) is 0 Å². The summed E-state index contributed by atoms with van der Waals surface area (Å²) in [6.07, 6.45) is 5.91. The molecule has 0 aliphatic carbocycles. The second-order valence-corrected chi connectivity index (χ2v) is 8.00. The fraction of sp³-hybridized carbons (Fsp3) is 0.524. The van der Waals surface area contributed by atoms with E-state index in [-0.39, 0.29) is 23.8 Å². The first-order valence-corrected chi connectivity index (χ1v) is 9.85. The molecule has 0 bridgehead atoms. The number of fused-ring (bicyclic) bond motifs is 1. The van der Waals surface area contributed by atoms with E-state index in [0.717, 1.165) is 42.3 Å². The highest BCUT2D eigenvalue weighted by Gasteiger charge is 2.42. The SMILES string of the molecule is O=C1CCC2(CCCN(C(=O)c3ccc4[nH]ccc4c3)C2)CN1CCCO. The molecule has 1 aromatic carbocycles. The van der Waals surface area contributed by atoms with Crippen LogP contribution in [0.4, 0.5) is 0 Å². The van der Waals surface area contributed by atoms with Crippen molar-refractivity contribution >= 4 is 22.7 Å². The molecule has 2 aromatic rings. The third-order valence-electron chi connectivity index (χ3n) is 6.08. The van der Waals surface area contributed by atoms with Crippen molar-refractivity contribution < 1.29 is 14.7 Å². The first-order chi connectivity index (χ1) is 13.1. The number of nitrogens with one attached hydrogen (secondary N) is 1. The fourth-order valence-electron chi connectivity index (χ4n) is 4.65. The molecule has 3 heterocycles. The van der Waals surface area contributed by atoms with Crippen LogP contribution in [-0.4, -0.2) is 64.5 Å². The topological polar surface area (TPSA) is 76.6 Å². The van der Waals surface area contributed by atoms with Gasteiger partial charge in [-0.25, -0.2) is 0 Å². The second-order valence-electron chi connectivity index (χ2n) is 8.00. The minimum Gasteiger partial charge on any atom is -0.396 e. The zero-order valence-corrected chi connectivity index (χ0v) is 15.6. The summed E-state index contributed by atoms with van der Waals surface area (Å²) in [7, 11) is 0. The lowest BCUT2D eigenvalue weighted by Gasteiger charge is -2.48. The van der Waals surface area contributed by atoms with Crippen LogP contribution in [-0.2, 0) is 4.79 Å². The van der Waals surface area contributed by atoms with E-state index in [4.69, 9.17) is 5.11 Å². The average Bonchev–Trinajstić information content (AvgIpc) is 3.16. The molecule has 2 N–H and O–H groups in total. The molecule has 1 aromatic heterocycles. The van der Waals surface area contributed by atoms with Crippen molar-refractivity contribution in [1.82, 2.24) is 14.8 Å². The number of aromatic amines is 1. The van der Waals surface area contributed by atoms with Crippen LogP contribution in [0.5, 0.6) is 0 Å². The number of carbonyl (C=O) groups is 2. The Morgan fingerprint density at radius 1 is 1.22 bits per heavy atom. The number of likely N-dealkylation sites (tertiary alicyclic amines) is 2. The Bertz CT molecular complexity index is 846. The number of amides is 2. The number of hydrogen-bond acceptors (Lipinski definition) is 3. The van der Waals surface area contributed by atoms with E-state index in [9.17, 15) is 9.59 Å². The number of piperidine rings is 2. The van der Waals surface area contributed by atoms with E-state index in [0.29, 0.717) is 32.5 Å². The van der Waals surface area contributed by atoms with Gasteiger partial charge in [0.1, 0.15) is 0 Å². The van der Waals surface area contributed by atoms with Crippen LogP contribution in [0.25, 0.3) is 10.9 Å². The summed E-state index contributed by atoms with van der Waals surface area (Å²) in [6.45, 7) is 2.89. The third-order valence-corrected chi connectivity index (χ3v) is 6.08. The number of benzene rings is 1. The minimum atomic E-state index is -0.00450. The lowest BCUT2D eigenvalue weighted by Crippen LogP contribution is -2.55. The largest absolute Gasteiger partial charge is 0.396 e. The molecule has 27 heavy (non-hydrogen) atoms. The lowest BCUT2D eigenvalue weighted by atomic mass is 9.73. The van der Waals surface area contributed by atoms with Gasteiger partial charge in [0.05, 0.1) is 0 Å². The molecular weight excluding hydrogens is 342 g/mol. The molecule has 2 fully saturated rings. The van der Waals surface area contributed by atoms with Crippen molar-refractivity contribution in [2.75, 3.05) is 32.8 Å². The van der Waals surface area contributed by atoms with Gasteiger partial charge in [-0.05, 0) is 49.9 Å². The molecule has 6 heteroatoms. The van der Waals surface area contributed by atoms with E-state index in [1.54, 1.807) is 0 Å². The van der Waals surface area contributed by atoms with Crippen LogP contribution in [0, 0.1) is 5.41 Å². The molecule has 2 aliphatic rings. The first-order valence-electron chi connectivity index (χ1n) is 9.85. The number of H-pyrrole nitrogens is 1. The van der Waals surface area contributed by atoms with Crippen molar-refractivity contribution in [1.29, 1.82) is 0 Å². The number of carbonyl (C=O) groups excluding carboxylic acids is 2. The van der Waals surface area contributed by atoms with E-state index in [1.807, 2.05) is 40.3 Å². The number of aliphatic hydroxyl groups is 1. The molecule has 0 saturated carbocycles. The van der Waals surface area contributed by atoms with Gasteiger partial charge in [-0.15, -0.1) is 0 Å². The normalized spacial score (nSPS) is 23.4. The molecule has 2 saturated heterocycles. The monoisotopic (exact) mass is 369 g/mol. The first kappa shape index (κ1) is 18.0. The zero-order chi connectivity index (χ0) is 18.9. The molecule has 1 atom stereocenters. The predicted octanol–water partition coefficient (Wildman–Crippen LogP) is 2.40. The molecule has 2 aliphatic heterocycles. The molecule has 2 amide bonds. The Morgan fingerprint density at radius 3 is 2.96 bits per heavy atom. The van der Waals surface area contributed by atoms with Crippen molar-refractivity contribution in [3.05, 3.63) is 36.0 Å². The van der Waals surface area contributed by atoms with Crippen LogP contribution in [0.1, 0.15) is 42.5 Å². The maximum Gasteiger partial charge on any atom is 0.253 e. The molecule has 1 spiro atoms.